The van der Waals surface area contributed by atoms with Gasteiger partial charge in [-0.1, -0.05) is 53.0 Å². The van der Waals surface area contributed by atoms with Crippen LogP contribution < -0.4 is 0 Å². The maximum absolute atomic E-state index is 6.26. The molecule has 20 heavy (non-hydrogen) atoms. The molecule has 5 heteroatoms. The summed E-state index contributed by atoms with van der Waals surface area (Å²) in [6, 6.07) is 11.4. The van der Waals surface area contributed by atoms with Gasteiger partial charge in [0, 0.05) is 0 Å². The van der Waals surface area contributed by atoms with Crippen molar-refractivity contribution in [2.24, 2.45) is 0 Å². The quantitative estimate of drug-likeness (QED) is 0.624. The molecule has 0 atom stereocenters. The van der Waals surface area contributed by atoms with Crippen molar-refractivity contribution in [3.63, 3.8) is 0 Å². The third kappa shape index (κ3) is 2.42. The average Bonchev–Trinajstić information content (AvgIpc) is 2.91. The lowest BCUT2D eigenvalue weighted by atomic mass is 10.1. The van der Waals surface area contributed by atoms with Gasteiger partial charge in [-0.2, -0.15) is 0 Å². The minimum atomic E-state index is 0.307. The zero-order chi connectivity index (χ0) is 14.1. The molecule has 2 heterocycles. The van der Waals surface area contributed by atoms with Crippen LogP contribution in [0.15, 0.2) is 47.1 Å². The van der Waals surface area contributed by atoms with Crippen LogP contribution in [-0.4, -0.2) is 9.97 Å². The van der Waals surface area contributed by atoms with Crippen LogP contribution in [0.5, 0.6) is 0 Å². The SMILES string of the molecule is Cc1cccc(-c2c(Cl)nc(-c3ccco3)nc2Cl)c1. The smallest absolute Gasteiger partial charge is 0.198 e. The first kappa shape index (κ1) is 13.2. The standard InChI is InChI=1S/C15H10Cl2N2O/c1-9-4-2-5-10(8-9)12-13(16)18-15(19-14(12)17)11-6-3-7-20-11/h2-8H,1H3. The number of halogens is 2. The highest BCUT2D eigenvalue weighted by atomic mass is 35.5. The van der Waals surface area contributed by atoms with Crippen molar-refractivity contribution >= 4 is 23.2 Å². The van der Waals surface area contributed by atoms with Crippen LogP contribution in [0.4, 0.5) is 0 Å². The number of hydrogen-bond acceptors (Lipinski definition) is 3. The number of hydrogen-bond donors (Lipinski definition) is 0. The molecule has 0 radical (unpaired) electrons. The highest BCUT2D eigenvalue weighted by molar-refractivity contribution is 6.37. The third-order valence-electron chi connectivity index (χ3n) is 2.87. The van der Waals surface area contributed by atoms with Crippen molar-refractivity contribution in [3.05, 3.63) is 58.5 Å². The number of aromatic nitrogens is 2. The number of furan rings is 1. The van der Waals surface area contributed by atoms with Gasteiger partial charge in [0.15, 0.2) is 11.6 Å². The van der Waals surface area contributed by atoms with E-state index in [0.29, 0.717) is 27.5 Å². The maximum Gasteiger partial charge on any atom is 0.198 e. The highest BCUT2D eigenvalue weighted by Crippen LogP contribution is 2.34. The van der Waals surface area contributed by atoms with Gasteiger partial charge in [0.05, 0.1) is 11.8 Å². The van der Waals surface area contributed by atoms with Gasteiger partial charge >= 0.3 is 0 Å². The van der Waals surface area contributed by atoms with Crippen molar-refractivity contribution in [1.29, 1.82) is 0 Å². The molecule has 0 spiro atoms. The summed E-state index contributed by atoms with van der Waals surface area (Å²) in [7, 11) is 0. The Morgan fingerprint density at radius 2 is 1.75 bits per heavy atom. The first-order valence-corrected chi connectivity index (χ1v) is 6.74. The first-order chi connectivity index (χ1) is 9.65. The normalized spacial score (nSPS) is 10.8. The number of nitrogens with zero attached hydrogens (tertiary/aromatic N) is 2. The summed E-state index contributed by atoms with van der Waals surface area (Å²) >= 11 is 12.5. The molecule has 0 fully saturated rings. The van der Waals surface area contributed by atoms with Gasteiger partial charge in [-0.15, -0.1) is 0 Å². The van der Waals surface area contributed by atoms with E-state index < -0.39 is 0 Å². The lowest BCUT2D eigenvalue weighted by molar-refractivity contribution is 0.577. The second-order valence-corrected chi connectivity index (χ2v) is 5.07. The molecule has 0 amide bonds. The summed E-state index contributed by atoms with van der Waals surface area (Å²) in [4.78, 5) is 8.52. The van der Waals surface area contributed by atoms with E-state index in [1.165, 1.54) is 0 Å². The van der Waals surface area contributed by atoms with E-state index in [-0.39, 0.29) is 0 Å². The van der Waals surface area contributed by atoms with Crippen molar-refractivity contribution in [2.75, 3.05) is 0 Å². The lowest BCUT2D eigenvalue weighted by Crippen LogP contribution is -1.94. The summed E-state index contributed by atoms with van der Waals surface area (Å²) < 4.78 is 5.25. The fourth-order valence-electron chi connectivity index (χ4n) is 1.96. The van der Waals surface area contributed by atoms with Crippen LogP contribution in [0.1, 0.15) is 5.56 Å². The van der Waals surface area contributed by atoms with E-state index in [0.717, 1.165) is 11.1 Å². The Morgan fingerprint density at radius 3 is 2.35 bits per heavy atom. The topological polar surface area (TPSA) is 38.9 Å². The van der Waals surface area contributed by atoms with Gasteiger partial charge in [-0.3, -0.25) is 0 Å². The number of aryl methyl sites for hydroxylation is 1. The first-order valence-electron chi connectivity index (χ1n) is 5.99. The molecule has 3 aromatic rings. The van der Waals surface area contributed by atoms with Crippen LogP contribution in [0.25, 0.3) is 22.7 Å². The molecule has 0 aliphatic carbocycles. The molecule has 0 aliphatic heterocycles. The van der Waals surface area contributed by atoms with Gasteiger partial charge in [0.1, 0.15) is 10.3 Å². The Morgan fingerprint density at radius 1 is 1.00 bits per heavy atom. The molecule has 100 valence electrons. The van der Waals surface area contributed by atoms with Crippen LogP contribution in [-0.2, 0) is 0 Å². The zero-order valence-corrected chi connectivity index (χ0v) is 12.1. The van der Waals surface area contributed by atoms with Crippen LogP contribution >= 0.6 is 23.2 Å². The number of benzene rings is 1. The molecule has 2 aromatic heterocycles. The van der Waals surface area contributed by atoms with E-state index in [1.807, 2.05) is 31.2 Å². The second-order valence-electron chi connectivity index (χ2n) is 4.35. The van der Waals surface area contributed by atoms with E-state index in [9.17, 15) is 0 Å². The van der Waals surface area contributed by atoms with Gasteiger partial charge in [0.25, 0.3) is 0 Å². The average molecular weight is 305 g/mol. The van der Waals surface area contributed by atoms with Crippen LogP contribution in [0, 0.1) is 6.92 Å². The van der Waals surface area contributed by atoms with Crippen molar-refractivity contribution in [1.82, 2.24) is 9.97 Å². The molecule has 0 N–H and O–H groups in total. The lowest BCUT2D eigenvalue weighted by Gasteiger charge is -2.08. The minimum Gasteiger partial charge on any atom is -0.461 e. The summed E-state index contributed by atoms with van der Waals surface area (Å²) in [6.07, 6.45) is 1.55. The molecule has 0 unspecified atom stereocenters. The fourth-order valence-corrected chi connectivity index (χ4v) is 2.57. The molecule has 0 aliphatic rings. The predicted octanol–water partition coefficient (Wildman–Crippen LogP) is 5.02. The van der Waals surface area contributed by atoms with Crippen LogP contribution in [0.3, 0.4) is 0 Å². The van der Waals surface area contributed by atoms with Crippen LogP contribution in [0.2, 0.25) is 10.3 Å². The fraction of sp³-hybridized carbons (Fsp3) is 0.0667. The van der Waals surface area contributed by atoms with E-state index >= 15 is 0 Å². The molecule has 0 bridgehead atoms. The Hall–Kier alpha value is -1.84. The largest absolute Gasteiger partial charge is 0.461 e. The summed E-state index contributed by atoms with van der Waals surface area (Å²) in [5.74, 6) is 0.908. The highest BCUT2D eigenvalue weighted by Gasteiger charge is 2.15. The van der Waals surface area contributed by atoms with Gasteiger partial charge in [0.2, 0.25) is 0 Å². The number of rotatable bonds is 2. The van der Waals surface area contributed by atoms with E-state index in [4.69, 9.17) is 27.6 Å². The summed E-state index contributed by atoms with van der Waals surface area (Å²) in [5, 5.41) is 0.615. The Bertz CT molecular complexity index is 731. The summed E-state index contributed by atoms with van der Waals surface area (Å²) in [6.45, 7) is 2.00. The third-order valence-corrected chi connectivity index (χ3v) is 3.42. The molecule has 1 aromatic carbocycles. The molecular formula is C15H10Cl2N2O. The molecule has 3 rings (SSSR count). The summed E-state index contributed by atoms with van der Waals surface area (Å²) in [5.41, 5.74) is 2.64. The molecular weight excluding hydrogens is 295 g/mol. The molecule has 0 saturated heterocycles. The van der Waals surface area contributed by atoms with Gasteiger partial charge < -0.3 is 4.42 Å². The minimum absolute atomic E-state index is 0.307. The monoisotopic (exact) mass is 304 g/mol. The molecule has 3 nitrogen and oxygen atoms in total. The Balaban J connectivity index is 2.14. The van der Waals surface area contributed by atoms with Gasteiger partial charge in [-0.25, -0.2) is 9.97 Å². The van der Waals surface area contributed by atoms with E-state index in [2.05, 4.69) is 9.97 Å². The van der Waals surface area contributed by atoms with Crippen molar-refractivity contribution < 1.29 is 4.42 Å². The Labute approximate surface area is 126 Å². The Kier molecular flexibility index (Phi) is 3.47. The van der Waals surface area contributed by atoms with Crippen molar-refractivity contribution in [2.45, 2.75) is 6.92 Å². The van der Waals surface area contributed by atoms with E-state index in [1.54, 1.807) is 18.4 Å². The van der Waals surface area contributed by atoms with Gasteiger partial charge in [-0.05, 0) is 24.6 Å². The predicted molar refractivity (Wildman–Crippen MR) is 79.9 cm³/mol. The maximum atomic E-state index is 6.26. The zero-order valence-electron chi connectivity index (χ0n) is 10.6. The van der Waals surface area contributed by atoms with Crippen molar-refractivity contribution in [3.8, 4) is 22.7 Å². The second kappa shape index (κ2) is 5.27. The molecule has 0 saturated carbocycles.